The predicted octanol–water partition coefficient (Wildman–Crippen LogP) is 2.18. The lowest BCUT2D eigenvalue weighted by molar-refractivity contribution is 0.0781. The number of nitrogens with two attached hydrogens (primary N) is 1. The zero-order valence-corrected chi connectivity index (χ0v) is 16.0. The van der Waals surface area contributed by atoms with Gasteiger partial charge in [-0.2, -0.15) is 0 Å². The Morgan fingerprint density at radius 1 is 1.22 bits per heavy atom. The van der Waals surface area contributed by atoms with Gasteiger partial charge in [-0.05, 0) is 35.9 Å². The lowest BCUT2D eigenvalue weighted by atomic mass is 10.1. The largest absolute Gasteiger partial charge is 0.496 e. The standard InChI is InChI=1S/C19H22N2O5S/c1-4-11-26-15-7-5-14(6-8-15)13-21(2)19(22)17-12-16(27(20,23)24)9-10-18(17)25-3/h4-10,12H,1,11,13H2,2-3H3,(H2,20,23,24). The zero-order valence-electron chi connectivity index (χ0n) is 15.2. The van der Waals surface area contributed by atoms with Crippen molar-refractivity contribution < 1.29 is 22.7 Å². The van der Waals surface area contributed by atoms with Crippen molar-refractivity contribution in [1.29, 1.82) is 0 Å². The van der Waals surface area contributed by atoms with Crippen LogP contribution in [0.1, 0.15) is 15.9 Å². The molecule has 144 valence electrons. The number of ether oxygens (including phenoxy) is 2. The first-order chi connectivity index (χ1) is 12.8. The van der Waals surface area contributed by atoms with Crippen molar-refractivity contribution in [3.63, 3.8) is 0 Å². The number of rotatable bonds is 8. The Bertz CT molecular complexity index is 924. The van der Waals surface area contributed by atoms with Crippen LogP contribution in [0.15, 0.2) is 60.0 Å². The van der Waals surface area contributed by atoms with Crippen molar-refractivity contribution in [2.45, 2.75) is 11.4 Å². The summed E-state index contributed by atoms with van der Waals surface area (Å²) in [7, 11) is -0.902. The molecule has 0 fully saturated rings. The van der Waals surface area contributed by atoms with Gasteiger partial charge >= 0.3 is 0 Å². The Hall–Kier alpha value is -2.84. The van der Waals surface area contributed by atoms with E-state index in [0.29, 0.717) is 18.9 Å². The number of hydrogen-bond acceptors (Lipinski definition) is 5. The second kappa shape index (κ2) is 8.70. The summed E-state index contributed by atoms with van der Waals surface area (Å²) < 4.78 is 33.7. The highest BCUT2D eigenvalue weighted by molar-refractivity contribution is 7.89. The molecule has 0 aliphatic heterocycles. The van der Waals surface area contributed by atoms with Gasteiger partial charge in [-0.1, -0.05) is 24.8 Å². The van der Waals surface area contributed by atoms with Crippen molar-refractivity contribution in [3.8, 4) is 11.5 Å². The molecule has 0 aliphatic carbocycles. The van der Waals surface area contributed by atoms with E-state index in [0.717, 1.165) is 5.56 Å². The molecule has 0 saturated carbocycles. The van der Waals surface area contributed by atoms with Gasteiger partial charge in [0.2, 0.25) is 10.0 Å². The first kappa shape index (κ1) is 20.5. The zero-order chi connectivity index (χ0) is 20.0. The first-order valence-electron chi connectivity index (χ1n) is 8.05. The van der Waals surface area contributed by atoms with Gasteiger partial charge in [0, 0.05) is 13.6 Å². The van der Waals surface area contributed by atoms with E-state index in [9.17, 15) is 13.2 Å². The van der Waals surface area contributed by atoms with Gasteiger partial charge < -0.3 is 14.4 Å². The highest BCUT2D eigenvalue weighted by Gasteiger charge is 2.20. The molecule has 0 heterocycles. The molecule has 0 atom stereocenters. The molecule has 0 aromatic heterocycles. The summed E-state index contributed by atoms with van der Waals surface area (Å²) in [5, 5.41) is 5.15. The molecule has 8 heteroatoms. The quantitative estimate of drug-likeness (QED) is 0.697. The highest BCUT2D eigenvalue weighted by Crippen LogP contribution is 2.24. The number of hydrogen-bond donors (Lipinski definition) is 1. The number of sulfonamides is 1. The molecule has 1 amide bonds. The first-order valence-corrected chi connectivity index (χ1v) is 9.60. The molecular weight excluding hydrogens is 368 g/mol. The van der Waals surface area contributed by atoms with Crippen LogP contribution in [-0.2, 0) is 16.6 Å². The molecule has 0 aliphatic rings. The molecule has 0 spiro atoms. The molecule has 7 nitrogen and oxygen atoms in total. The Morgan fingerprint density at radius 3 is 2.44 bits per heavy atom. The molecule has 0 saturated heterocycles. The minimum atomic E-state index is -3.93. The van der Waals surface area contributed by atoms with Gasteiger partial charge in [0.05, 0.1) is 17.6 Å². The molecule has 0 bridgehead atoms. The van der Waals surface area contributed by atoms with Crippen LogP contribution in [0, 0.1) is 0 Å². The molecule has 2 aromatic rings. The van der Waals surface area contributed by atoms with Crippen molar-refractivity contribution in [1.82, 2.24) is 4.90 Å². The van der Waals surface area contributed by atoms with Gasteiger partial charge in [-0.15, -0.1) is 0 Å². The van der Waals surface area contributed by atoms with E-state index in [-0.39, 0.29) is 22.1 Å². The van der Waals surface area contributed by atoms with E-state index in [1.165, 1.54) is 30.2 Å². The molecule has 0 unspecified atom stereocenters. The van der Waals surface area contributed by atoms with Crippen LogP contribution >= 0.6 is 0 Å². The summed E-state index contributed by atoms with van der Waals surface area (Å²) >= 11 is 0. The molecule has 27 heavy (non-hydrogen) atoms. The highest BCUT2D eigenvalue weighted by atomic mass is 32.2. The summed E-state index contributed by atoms with van der Waals surface area (Å²) in [6.45, 7) is 4.33. The summed E-state index contributed by atoms with van der Waals surface area (Å²) in [6.07, 6.45) is 1.66. The summed E-state index contributed by atoms with van der Waals surface area (Å²) in [4.78, 5) is 14.1. The van der Waals surface area contributed by atoms with Crippen molar-refractivity contribution in [2.75, 3.05) is 20.8 Å². The van der Waals surface area contributed by atoms with Gasteiger partial charge in [0.1, 0.15) is 18.1 Å². The molecule has 2 aromatic carbocycles. The Balaban J connectivity index is 2.20. The topological polar surface area (TPSA) is 98.9 Å². The van der Waals surface area contributed by atoms with Gasteiger partial charge in [-0.25, -0.2) is 13.6 Å². The van der Waals surface area contributed by atoms with E-state index in [1.54, 1.807) is 25.3 Å². The van der Waals surface area contributed by atoms with Gasteiger partial charge in [0.25, 0.3) is 5.91 Å². The summed E-state index contributed by atoms with van der Waals surface area (Å²) in [5.41, 5.74) is 1.01. The summed E-state index contributed by atoms with van der Waals surface area (Å²) in [6, 6.07) is 11.2. The maximum atomic E-state index is 12.8. The molecular formula is C19H22N2O5S. The minimum absolute atomic E-state index is 0.123. The predicted molar refractivity (Wildman–Crippen MR) is 102 cm³/mol. The van der Waals surface area contributed by atoms with Crippen LogP contribution in [0.2, 0.25) is 0 Å². The van der Waals surface area contributed by atoms with Crippen molar-refractivity contribution >= 4 is 15.9 Å². The minimum Gasteiger partial charge on any atom is -0.496 e. The Kier molecular flexibility index (Phi) is 6.59. The van der Waals surface area contributed by atoms with Crippen LogP contribution in [0.5, 0.6) is 11.5 Å². The monoisotopic (exact) mass is 390 g/mol. The number of amides is 1. The van der Waals surface area contributed by atoms with Gasteiger partial charge in [-0.3, -0.25) is 4.79 Å². The smallest absolute Gasteiger partial charge is 0.257 e. The second-order valence-corrected chi connectivity index (χ2v) is 7.37. The molecule has 2 N–H and O–H groups in total. The van der Waals surface area contributed by atoms with E-state index < -0.39 is 10.0 Å². The fourth-order valence-corrected chi connectivity index (χ4v) is 2.97. The van der Waals surface area contributed by atoms with Crippen LogP contribution in [-0.4, -0.2) is 40.0 Å². The van der Waals surface area contributed by atoms with Crippen LogP contribution in [0.4, 0.5) is 0 Å². The SMILES string of the molecule is C=CCOc1ccc(CN(C)C(=O)c2cc(S(N)(=O)=O)ccc2OC)cc1. The third kappa shape index (κ3) is 5.32. The van der Waals surface area contributed by atoms with E-state index in [4.69, 9.17) is 14.6 Å². The number of methoxy groups -OCH3 is 1. The third-order valence-corrected chi connectivity index (χ3v) is 4.70. The average Bonchev–Trinajstić information content (AvgIpc) is 2.65. The normalized spacial score (nSPS) is 10.9. The third-order valence-electron chi connectivity index (χ3n) is 3.79. The number of carbonyl (C=O) groups is 1. The summed E-state index contributed by atoms with van der Waals surface area (Å²) in [5.74, 6) is 0.590. The Morgan fingerprint density at radius 2 is 1.89 bits per heavy atom. The fourth-order valence-electron chi connectivity index (χ4n) is 2.43. The number of benzene rings is 2. The van der Waals surface area contributed by atoms with Crippen molar-refractivity contribution in [2.24, 2.45) is 5.14 Å². The van der Waals surface area contributed by atoms with E-state index in [1.807, 2.05) is 12.1 Å². The Labute approximate surface area is 159 Å². The molecule has 0 radical (unpaired) electrons. The number of nitrogens with zero attached hydrogens (tertiary/aromatic N) is 1. The average molecular weight is 390 g/mol. The van der Waals surface area contributed by atoms with E-state index >= 15 is 0 Å². The van der Waals surface area contributed by atoms with Gasteiger partial charge in [0.15, 0.2) is 0 Å². The molecule has 2 rings (SSSR count). The lowest BCUT2D eigenvalue weighted by Crippen LogP contribution is -2.27. The van der Waals surface area contributed by atoms with Crippen LogP contribution < -0.4 is 14.6 Å². The fraction of sp³-hybridized carbons (Fsp3) is 0.211. The number of primary sulfonamides is 1. The second-order valence-electron chi connectivity index (χ2n) is 5.81. The maximum Gasteiger partial charge on any atom is 0.257 e. The van der Waals surface area contributed by atoms with Crippen LogP contribution in [0.3, 0.4) is 0 Å². The van der Waals surface area contributed by atoms with Crippen molar-refractivity contribution in [3.05, 3.63) is 66.2 Å². The van der Waals surface area contributed by atoms with Crippen LogP contribution in [0.25, 0.3) is 0 Å². The number of carbonyl (C=O) groups excluding carboxylic acids is 1. The lowest BCUT2D eigenvalue weighted by Gasteiger charge is -2.19. The maximum absolute atomic E-state index is 12.8. The van der Waals surface area contributed by atoms with E-state index in [2.05, 4.69) is 6.58 Å².